The number of benzene rings is 2. The number of rotatable bonds is 7. The van der Waals surface area contributed by atoms with Crippen molar-refractivity contribution in [2.24, 2.45) is 0 Å². The molecule has 0 aliphatic carbocycles. The highest BCUT2D eigenvalue weighted by molar-refractivity contribution is 6.06. The molecule has 1 aliphatic rings. The zero-order valence-corrected chi connectivity index (χ0v) is 17.0. The topological polar surface area (TPSA) is 80.3 Å². The van der Waals surface area contributed by atoms with Crippen LogP contribution in [0.15, 0.2) is 36.4 Å². The van der Waals surface area contributed by atoms with E-state index in [1.54, 1.807) is 41.3 Å². The van der Waals surface area contributed by atoms with Crippen molar-refractivity contribution in [3.8, 4) is 17.2 Å². The molecule has 1 N–H and O–H groups in total. The van der Waals surface area contributed by atoms with E-state index in [1.807, 2.05) is 19.0 Å². The van der Waals surface area contributed by atoms with E-state index in [1.165, 1.54) is 14.2 Å². The van der Waals surface area contributed by atoms with Crippen molar-refractivity contribution in [2.45, 2.75) is 0 Å². The molecule has 154 valence electrons. The smallest absolute Gasteiger partial charge is 0.265 e. The molecule has 1 aliphatic heterocycles. The van der Waals surface area contributed by atoms with Crippen molar-refractivity contribution < 1.29 is 23.8 Å². The van der Waals surface area contributed by atoms with Crippen LogP contribution in [0.5, 0.6) is 17.2 Å². The second kappa shape index (κ2) is 8.83. The number of hydrogen-bond acceptors (Lipinski definition) is 6. The molecule has 29 heavy (non-hydrogen) atoms. The summed E-state index contributed by atoms with van der Waals surface area (Å²) in [4.78, 5) is 28.8. The Labute approximate surface area is 170 Å². The number of carbonyl (C=O) groups excluding carboxylic acids is 2. The lowest BCUT2D eigenvalue weighted by molar-refractivity contribution is -0.121. The molecule has 0 saturated heterocycles. The number of fused-ring (bicyclic) bond motifs is 1. The van der Waals surface area contributed by atoms with Gasteiger partial charge in [0.25, 0.3) is 11.8 Å². The number of nitrogens with one attached hydrogen (secondary N) is 1. The summed E-state index contributed by atoms with van der Waals surface area (Å²) in [7, 11) is 6.95. The molecular weight excluding hydrogens is 374 g/mol. The van der Waals surface area contributed by atoms with Crippen LogP contribution in [0.3, 0.4) is 0 Å². The van der Waals surface area contributed by atoms with E-state index in [2.05, 4.69) is 5.32 Å². The van der Waals surface area contributed by atoms with Gasteiger partial charge in [-0.3, -0.25) is 9.59 Å². The molecule has 0 saturated carbocycles. The number of ether oxygens (including phenoxy) is 3. The van der Waals surface area contributed by atoms with E-state index in [0.717, 1.165) is 0 Å². The molecule has 0 spiro atoms. The molecule has 0 aromatic heterocycles. The van der Waals surface area contributed by atoms with Crippen LogP contribution in [0.4, 0.5) is 11.4 Å². The van der Waals surface area contributed by atoms with Crippen molar-refractivity contribution in [3.63, 3.8) is 0 Å². The Morgan fingerprint density at radius 3 is 2.45 bits per heavy atom. The summed E-state index contributed by atoms with van der Waals surface area (Å²) in [6.45, 7) is 1.26. The molecule has 2 aromatic rings. The first-order valence-electron chi connectivity index (χ1n) is 9.17. The van der Waals surface area contributed by atoms with Crippen molar-refractivity contribution >= 4 is 23.2 Å². The van der Waals surface area contributed by atoms with Gasteiger partial charge in [-0.2, -0.15) is 0 Å². The zero-order chi connectivity index (χ0) is 21.0. The maximum Gasteiger partial charge on any atom is 0.265 e. The van der Waals surface area contributed by atoms with Crippen LogP contribution < -0.4 is 24.4 Å². The Balaban J connectivity index is 1.84. The highest BCUT2D eigenvalue weighted by Crippen LogP contribution is 2.34. The third kappa shape index (κ3) is 4.78. The van der Waals surface area contributed by atoms with Gasteiger partial charge in [-0.1, -0.05) is 0 Å². The van der Waals surface area contributed by atoms with Crippen LogP contribution in [-0.2, 0) is 4.79 Å². The summed E-state index contributed by atoms with van der Waals surface area (Å²) in [6.07, 6.45) is 0. The van der Waals surface area contributed by atoms with Gasteiger partial charge in [0.05, 0.1) is 19.9 Å². The first-order valence-corrected chi connectivity index (χ1v) is 9.17. The predicted molar refractivity (Wildman–Crippen MR) is 110 cm³/mol. The van der Waals surface area contributed by atoms with E-state index in [4.69, 9.17) is 14.2 Å². The summed E-state index contributed by atoms with van der Waals surface area (Å²) < 4.78 is 16.0. The highest BCUT2D eigenvalue weighted by Gasteiger charge is 2.26. The molecular formula is C21H25N3O5. The normalized spacial score (nSPS) is 13.0. The van der Waals surface area contributed by atoms with Gasteiger partial charge in [0.2, 0.25) is 0 Å². The second-order valence-corrected chi connectivity index (χ2v) is 6.88. The van der Waals surface area contributed by atoms with E-state index in [-0.39, 0.29) is 18.4 Å². The highest BCUT2D eigenvalue weighted by atomic mass is 16.5. The van der Waals surface area contributed by atoms with Gasteiger partial charge in [-0.15, -0.1) is 0 Å². The van der Waals surface area contributed by atoms with Crippen LogP contribution >= 0.6 is 0 Å². The summed E-state index contributed by atoms with van der Waals surface area (Å²) in [5.74, 6) is 1.23. The maximum atomic E-state index is 12.7. The molecule has 8 heteroatoms. The standard InChI is InChI=1S/C21H25N3O5/c1-23(2)7-8-24-18-11-15(5-6-19(18)29-13-20(24)25)22-21(26)14-9-16(27-3)12-17(10-14)28-4/h5-6,9-12H,7-8,13H2,1-4H3,(H,22,26). The fourth-order valence-corrected chi connectivity index (χ4v) is 2.97. The first-order chi connectivity index (χ1) is 13.9. The molecule has 1 heterocycles. The summed E-state index contributed by atoms with van der Waals surface area (Å²) in [5, 5.41) is 2.86. The fraction of sp³-hybridized carbons (Fsp3) is 0.333. The Hall–Kier alpha value is -3.26. The van der Waals surface area contributed by atoms with E-state index < -0.39 is 0 Å². The number of carbonyl (C=O) groups is 2. The molecule has 0 unspecified atom stereocenters. The van der Waals surface area contributed by atoms with E-state index in [9.17, 15) is 9.59 Å². The van der Waals surface area contributed by atoms with Gasteiger partial charge in [0.1, 0.15) is 17.2 Å². The zero-order valence-electron chi connectivity index (χ0n) is 17.0. The average Bonchev–Trinajstić information content (AvgIpc) is 2.72. The minimum atomic E-state index is -0.315. The van der Waals surface area contributed by atoms with Crippen molar-refractivity contribution in [3.05, 3.63) is 42.0 Å². The van der Waals surface area contributed by atoms with Gasteiger partial charge in [0.15, 0.2) is 6.61 Å². The largest absolute Gasteiger partial charge is 0.497 e. The molecule has 3 rings (SSSR count). The fourth-order valence-electron chi connectivity index (χ4n) is 2.97. The number of nitrogens with zero attached hydrogens (tertiary/aromatic N) is 2. The van der Waals surface area contributed by atoms with Crippen LogP contribution in [0.25, 0.3) is 0 Å². The van der Waals surface area contributed by atoms with Gasteiger partial charge >= 0.3 is 0 Å². The van der Waals surface area contributed by atoms with Gasteiger partial charge in [-0.25, -0.2) is 0 Å². The minimum Gasteiger partial charge on any atom is -0.497 e. The molecule has 0 radical (unpaired) electrons. The number of hydrogen-bond donors (Lipinski definition) is 1. The van der Waals surface area contributed by atoms with Crippen molar-refractivity contribution in [2.75, 3.05) is 58.2 Å². The van der Waals surface area contributed by atoms with Crippen LogP contribution in [0.1, 0.15) is 10.4 Å². The molecule has 0 fully saturated rings. The van der Waals surface area contributed by atoms with Gasteiger partial charge in [-0.05, 0) is 44.4 Å². The average molecular weight is 399 g/mol. The van der Waals surface area contributed by atoms with Crippen LogP contribution in [0.2, 0.25) is 0 Å². The molecule has 2 aromatic carbocycles. The van der Waals surface area contributed by atoms with Crippen LogP contribution in [-0.4, -0.2) is 64.7 Å². The Morgan fingerprint density at radius 1 is 1.14 bits per heavy atom. The predicted octanol–water partition coefficient (Wildman–Crippen LogP) is 2.24. The maximum absolute atomic E-state index is 12.7. The number of likely N-dealkylation sites (N-methyl/N-ethyl adjacent to an activating group) is 1. The third-order valence-corrected chi connectivity index (χ3v) is 4.54. The molecule has 0 bridgehead atoms. The lowest BCUT2D eigenvalue weighted by Crippen LogP contribution is -2.42. The lowest BCUT2D eigenvalue weighted by atomic mass is 10.1. The number of methoxy groups -OCH3 is 2. The Kier molecular flexibility index (Phi) is 6.23. The van der Waals surface area contributed by atoms with Crippen LogP contribution in [0, 0.1) is 0 Å². The van der Waals surface area contributed by atoms with E-state index in [0.29, 0.717) is 47.3 Å². The number of amides is 2. The minimum absolute atomic E-state index is 0.00966. The summed E-state index contributed by atoms with van der Waals surface area (Å²) >= 11 is 0. The summed E-state index contributed by atoms with van der Waals surface area (Å²) in [6, 6.07) is 10.2. The van der Waals surface area contributed by atoms with Gasteiger partial charge < -0.3 is 29.3 Å². The van der Waals surface area contributed by atoms with Crippen molar-refractivity contribution in [1.29, 1.82) is 0 Å². The SMILES string of the molecule is COc1cc(OC)cc(C(=O)Nc2ccc3c(c2)N(CCN(C)C)C(=O)CO3)c1. The summed E-state index contributed by atoms with van der Waals surface area (Å²) in [5.41, 5.74) is 1.60. The monoisotopic (exact) mass is 399 g/mol. The Morgan fingerprint density at radius 2 is 1.83 bits per heavy atom. The molecule has 0 atom stereocenters. The molecule has 8 nitrogen and oxygen atoms in total. The Bertz CT molecular complexity index is 891. The number of anilines is 2. The first kappa shape index (κ1) is 20.5. The van der Waals surface area contributed by atoms with Gasteiger partial charge in [0, 0.05) is 30.4 Å². The van der Waals surface area contributed by atoms with Crippen molar-refractivity contribution in [1.82, 2.24) is 4.90 Å². The lowest BCUT2D eigenvalue weighted by Gasteiger charge is -2.30. The quantitative estimate of drug-likeness (QED) is 0.769. The molecule has 2 amide bonds. The second-order valence-electron chi connectivity index (χ2n) is 6.88. The van der Waals surface area contributed by atoms with E-state index >= 15 is 0 Å². The third-order valence-electron chi connectivity index (χ3n) is 4.54.